The summed E-state index contributed by atoms with van der Waals surface area (Å²) in [5.74, 6) is -1.44. The lowest BCUT2D eigenvalue weighted by atomic mass is 9.93. The van der Waals surface area contributed by atoms with Crippen molar-refractivity contribution in [1.82, 2.24) is 0 Å². The topological polar surface area (TPSA) is 43.4 Å². The van der Waals surface area contributed by atoms with E-state index in [0.717, 1.165) is 17.7 Å². The lowest BCUT2D eigenvalue weighted by molar-refractivity contribution is -0.139. The van der Waals surface area contributed by atoms with Crippen LogP contribution in [-0.4, -0.2) is 18.4 Å². The molecule has 0 aliphatic carbocycles. The van der Waals surface area contributed by atoms with Crippen LogP contribution in [0.1, 0.15) is 29.2 Å². The van der Waals surface area contributed by atoms with Crippen LogP contribution in [0, 0.1) is 0 Å². The van der Waals surface area contributed by atoms with E-state index in [9.17, 15) is 22.8 Å². The van der Waals surface area contributed by atoms with Gasteiger partial charge in [-0.15, -0.1) is 0 Å². The summed E-state index contributed by atoms with van der Waals surface area (Å²) in [4.78, 5) is 26.3. The summed E-state index contributed by atoms with van der Waals surface area (Å²) in [6, 6.07) is 22.2. The molecule has 0 unspecified atom stereocenters. The van der Waals surface area contributed by atoms with Crippen molar-refractivity contribution in [2.24, 2.45) is 0 Å². The number of Topliss-reactive ketones (excluding diaryl/α,β-unsaturated/α-hetero) is 1. The number of benzene rings is 3. The molecule has 3 rings (SSSR count). The minimum atomic E-state index is -4.49. The number of halogens is 3. The predicted molar refractivity (Wildman–Crippen MR) is 122 cm³/mol. The van der Waals surface area contributed by atoms with Crippen molar-refractivity contribution in [3.05, 3.63) is 113 Å². The number of ether oxygens (including phenoxy) is 1. The Morgan fingerprint density at radius 2 is 1.33 bits per heavy atom. The molecule has 0 saturated carbocycles. The number of carbonyl (C=O) groups is 2. The molecule has 0 bridgehead atoms. The second kappa shape index (κ2) is 10.6. The summed E-state index contributed by atoms with van der Waals surface area (Å²) in [5.41, 5.74) is 0.774. The highest BCUT2D eigenvalue weighted by atomic mass is 19.4. The van der Waals surface area contributed by atoms with E-state index in [4.69, 9.17) is 4.74 Å². The molecule has 6 heteroatoms. The highest BCUT2D eigenvalue weighted by Gasteiger charge is 2.30. The molecule has 0 spiro atoms. The van der Waals surface area contributed by atoms with Gasteiger partial charge in [0.15, 0.2) is 0 Å². The van der Waals surface area contributed by atoms with Crippen molar-refractivity contribution in [2.45, 2.75) is 13.1 Å². The van der Waals surface area contributed by atoms with Gasteiger partial charge in [-0.1, -0.05) is 72.8 Å². The number of hydrogen-bond donors (Lipinski definition) is 0. The first kappa shape index (κ1) is 23.7. The Hall–Kier alpha value is -3.93. The molecule has 0 heterocycles. The van der Waals surface area contributed by atoms with Crippen LogP contribution >= 0.6 is 0 Å². The highest BCUT2D eigenvalue weighted by molar-refractivity contribution is 6.41. The normalized spacial score (nSPS) is 12.4. The maximum Gasteiger partial charge on any atom is 0.416 e. The SMILES string of the molecule is CCOC(=O)/C(=C\c1ccc(C(F)(F)F)cc1)C(=O)/C(=C/c1ccccc1)c1ccccc1. The van der Waals surface area contributed by atoms with E-state index in [1.165, 1.54) is 18.2 Å². The molecule has 0 saturated heterocycles. The van der Waals surface area contributed by atoms with E-state index in [-0.39, 0.29) is 23.3 Å². The smallest absolute Gasteiger partial charge is 0.416 e. The molecule has 33 heavy (non-hydrogen) atoms. The maximum absolute atomic E-state index is 13.6. The van der Waals surface area contributed by atoms with Crippen molar-refractivity contribution < 1.29 is 27.5 Å². The van der Waals surface area contributed by atoms with Gasteiger partial charge in [-0.25, -0.2) is 4.79 Å². The lowest BCUT2D eigenvalue weighted by Gasteiger charge is -2.11. The Morgan fingerprint density at radius 3 is 1.88 bits per heavy atom. The molecule has 0 radical (unpaired) electrons. The fourth-order valence-corrected chi connectivity index (χ4v) is 3.12. The molecule has 0 atom stereocenters. The van der Waals surface area contributed by atoms with Gasteiger partial charge in [0.2, 0.25) is 5.78 Å². The van der Waals surface area contributed by atoms with Gasteiger partial charge in [0.05, 0.1) is 12.2 Å². The summed E-state index contributed by atoms with van der Waals surface area (Å²) >= 11 is 0. The number of alkyl halides is 3. The Morgan fingerprint density at radius 1 is 0.788 bits per heavy atom. The zero-order valence-electron chi connectivity index (χ0n) is 17.8. The largest absolute Gasteiger partial charge is 0.462 e. The first-order valence-electron chi connectivity index (χ1n) is 10.2. The summed E-state index contributed by atoms with van der Waals surface area (Å²) in [5, 5.41) is 0. The minimum absolute atomic E-state index is 0.0412. The van der Waals surface area contributed by atoms with E-state index in [0.29, 0.717) is 5.56 Å². The van der Waals surface area contributed by atoms with Gasteiger partial charge in [-0.3, -0.25) is 4.79 Å². The van der Waals surface area contributed by atoms with Crippen LogP contribution in [0.25, 0.3) is 17.7 Å². The summed E-state index contributed by atoms with van der Waals surface area (Å²) < 4.78 is 43.7. The number of rotatable bonds is 7. The fourth-order valence-electron chi connectivity index (χ4n) is 3.12. The third-order valence-electron chi connectivity index (χ3n) is 4.73. The van der Waals surface area contributed by atoms with E-state index < -0.39 is 23.5 Å². The summed E-state index contributed by atoms with van der Waals surface area (Å²) in [6.07, 6.45) is -1.57. The molecule has 3 aromatic rings. The van der Waals surface area contributed by atoms with Crippen LogP contribution in [-0.2, 0) is 20.5 Å². The average Bonchev–Trinajstić information content (AvgIpc) is 2.81. The van der Waals surface area contributed by atoms with Gasteiger partial charge in [0.1, 0.15) is 5.57 Å². The van der Waals surface area contributed by atoms with Crippen molar-refractivity contribution >= 4 is 29.5 Å². The molecular formula is C27H21F3O3. The second-order valence-corrected chi connectivity index (χ2v) is 7.06. The molecule has 0 aromatic heterocycles. The van der Waals surface area contributed by atoms with Gasteiger partial charge < -0.3 is 4.74 Å². The van der Waals surface area contributed by atoms with Crippen molar-refractivity contribution in [1.29, 1.82) is 0 Å². The molecule has 0 amide bonds. The number of ketones is 1. The Bertz CT molecular complexity index is 1160. The van der Waals surface area contributed by atoms with Crippen LogP contribution in [0.4, 0.5) is 13.2 Å². The van der Waals surface area contributed by atoms with Crippen molar-refractivity contribution in [2.75, 3.05) is 6.61 Å². The lowest BCUT2D eigenvalue weighted by Crippen LogP contribution is -2.17. The fraction of sp³-hybridized carbons (Fsp3) is 0.111. The van der Waals surface area contributed by atoms with Crippen molar-refractivity contribution in [3.63, 3.8) is 0 Å². The molecule has 0 fully saturated rings. The number of esters is 1. The van der Waals surface area contributed by atoms with E-state index in [2.05, 4.69) is 0 Å². The standard InChI is InChI=1S/C27H21F3O3/c1-2-33-26(32)24(18-20-13-15-22(16-14-20)27(28,29)30)25(31)23(21-11-7-4-8-12-21)17-19-9-5-3-6-10-19/h3-18H,2H2,1H3/b23-17+,24-18-. The van der Waals surface area contributed by atoms with Gasteiger partial charge in [-0.05, 0) is 47.9 Å². The van der Waals surface area contributed by atoms with E-state index >= 15 is 0 Å². The molecule has 3 nitrogen and oxygen atoms in total. The Balaban J connectivity index is 2.09. The molecule has 0 aliphatic heterocycles. The number of hydrogen-bond acceptors (Lipinski definition) is 3. The predicted octanol–water partition coefficient (Wildman–Crippen LogP) is 6.46. The molecule has 0 aliphatic rings. The zero-order valence-corrected chi connectivity index (χ0v) is 17.8. The van der Waals surface area contributed by atoms with Crippen LogP contribution in [0.15, 0.2) is 90.5 Å². The maximum atomic E-state index is 13.6. The van der Waals surface area contributed by atoms with Crippen LogP contribution in [0.5, 0.6) is 0 Å². The molecule has 3 aromatic carbocycles. The third-order valence-corrected chi connectivity index (χ3v) is 4.73. The van der Waals surface area contributed by atoms with Gasteiger partial charge in [0.25, 0.3) is 0 Å². The van der Waals surface area contributed by atoms with E-state index in [1.54, 1.807) is 43.3 Å². The summed E-state index contributed by atoms with van der Waals surface area (Å²) in [7, 11) is 0. The third kappa shape index (κ3) is 6.29. The molecular weight excluding hydrogens is 429 g/mol. The first-order valence-corrected chi connectivity index (χ1v) is 10.2. The Labute approximate surface area is 189 Å². The summed E-state index contributed by atoms with van der Waals surface area (Å²) in [6.45, 7) is 1.65. The van der Waals surface area contributed by atoms with E-state index in [1.807, 2.05) is 30.3 Å². The van der Waals surface area contributed by atoms with Gasteiger partial charge in [0, 0.05) is 5.57 Å². The zero-order chi connectivity index (χ0) is 23.8. The van der Waals surface area contributed by atoms with Crippen LogP contribution in [0.2, 0.25) is 0 Å². The van der Waals surface area contributed by atoms with Crippen LogP contribution < -0.4 is 0 Å². The van der Waals surface area contributed by atoms with Gasteiger partial charge >= 0.3 is 12.1 Å². The second-order valence-electron chi connectivity index (χ2n) is 7.06. The number of allylic oxidation sites excluding steroid dienone is 1. The highest BCUT2D eigenvalue weighted by Crippen LogP contribution is 2.30. The quantitative estimate of drug-likeness (QED) is 0.136. The number of carbonyl (C=O) groups excluding carboxylic acids is 2. The van der Waals surface area contributed by atoms with Gasteiger partial charge in [-0.2, -0.15) is 13.2 Å². The van der Waals surface area contributed by atoms with Crippen molar-refractivity contribution in [3.8, 4) is 0 Å². The molecule has 0 N–H and O–H groups in total. The average molecular weight is 450 g/mol. The van der Waals surface area contributed by atoms with Crippen LogP contribution in [0.3, 0.4) is 0 Å². The minimum Gasteiger partial charge on any atom is -0.462 e. The monoisotopic (exact) mass is 450 g/mol. The first-order chi connectivity index (χ1) is 15.8. The Kier molecular flexibility index (Phi) is 7.61. The molecule has 168 valence electrons.